The van der Waals surface area contributed by atoms with Crippen molar-refractivity contribution in [1.29, 1.82) is 0 Å². The van der Waals surface area contributed by atoms with Crippen molar-refractivity contribution in [2.24, 2.45) is 17.8 Å². The molecule has 0 spiro atoms. The smallest absolute Gasteiger partial charge is 0.257 e. The monoisotopic (exact) mass is 577 g/mol. The van der Waals surface area contributed by atoms with Gasteiger partial charge in [0.05, 0.1) is 23.4 Å². The summed E-state index contributed by atoms with van der Waals surface area (Å²) in [4.78, 5) is 51.5. The van der Waals surface area contributed by atoms with Gasteiger partial charge in [-0.3, -0.25) is 24.4 Å². The highest BCUT2D eigenvalue weighted by molar-refractivity contribution is 9.12. The van der Waals surface area contributed by atoms with E-state index in [1.165, 1.54) is 13.2 Å². The SMILES string of the molecule is COc1cc(Br)cc(C2C3=CCC4C(=O)N(O)C(=O)C4C3CC3=C2C(=O)C=C(Br)C3=O)c1O. The number of aromatic hydroxyl groups is 1. The molecule has 1 aromatic rings. The van der Waals surface area contributed by atoms with Crippen LogP contribution in [0.5, 0.6) is 11.5 Å². The molecule has 0 radical (unpaired) electrons. The standard InChI is InChI=1S/C23H17Br2NO7/c1-33-16-5-8(24)4-12(21(16)29)17-9-2-3-10-18(23(31)26(32)22(10)30)11(9)6-13-19(17)15(27)7-14(25)20(13)28/h2,4-5,7,10-11,17-18,29,32H,3,6H2,1H3. The number of benzene rings is 1. The lowest BCUT2D eigenvalue weighted by atomic mass is 9.59. The molecule has 4 aliphatic rings. The molecule has 4 atom stereocenters. The first-order valence-corrected chi connectivity index (χ1v) is 11.8. The van der Waals surface area contributed by atoms with Crippen LogP contribution in [0.3, 0.4) is 0 Å². The number of imide groups is 1. The van der Waals surface area contributed by atoms with E-state index in [-0.39, 0.29) is 56.6 Å². The molecule has 1 saturated heterocycles. The van der Waals surface area contributed by atoms with E-state index in [1.54, 1.807) is 18.2 Å². The van der Waals surface area contributed by atoms with Crippen molar-refractivity contribution in [3.8, 4) is 11.5 Å². The van der Waals surface area contributed by atoms with Crippen LogP contribution < -0.4 is 4.74 Å². The third kappa shape index (κ3) is 3.11. The Labute approximate surface area is 204 Å². The molecule has 1 heterocycles. The third-order valence-electron chi connectivity index (χ3n) is 6.91. The number of nitrogens with zero attached hydrogens (tertiary/aromatic N) is 1. The summed E-state index contributed by atoms with van der Waals surface area (Å²) in [6.07, 6.45) is 3.28. The normalized spacial score (nSPS) is 28.9. The Morgan fingerprint density at radius 2 is 1.82 bits per heavy atom. The number of allylic oxidation sites excluding steroid dienone is 6. The van der Waals surface area contributed by atoms with Gasteiger partial charge in [0.2, 0.25) is 0 Å². The molecule has 10 heteroatoms. The maximum absolute atomic E-state index is 13.2. The number of Topliss-reactive ketones (excluding diaryl/α,β-unsaturated/α-hetero) is 1. The van der Waals surface area contributed by atoms with Crippen molar-refractivity contribution in [3.63, 3.8) is 0 Å². The number of carbonyl (C=O) groups is 4. The van der Waals surface area contributed by atoms with E-state index in [0.29, 0.717) is 15.6 Å². The second kappa shape index (κ2) is 7.75. The van der Waals surface area contributed by atoms with Gasteiger partial charge in [0.1, 0.15) is 0 Å². The van der Waals surface area contributed by atoms with Gasteiger partial charge in [0.25, 0.3) is 11.8 Å². The number of fused-ring (bicyclic) bond motifs is 3. The second-order valence-corrected chi connectivity index (χ2v) is 10.2. The molecule has 0 aromatic heterocycles. The number of amides is 2. The van der Waals surface area contributed by atoms with Gasteiger partial charge in [-0.2, -0.15) is 5.06 Å². The van der Waals surface area contributed by atoms with Crippen LogP contribution in [0.25, 0.3) is 0 Å². The van der Waals surface area contributed by atoms with Gasteiger partial charge in [-0.1, -0.05) is 27.6 Å². The Balaban J connectivity index is 1.76. The zero-order valence-electron chi connectivity index (χ0n) is 17.2. The molecule has 5 rings (SSSR count). The van der Waals surface area contributed by atoms with Gasteiger partial charge in [0.15, 0.2) is 23.1 Å². The quantitative estimate of drug-likeness (QED) is 0.239. The maximum atomic E-state index is 13.2. The van der Waals surface area contributed by atoms with Crippen molar-refractivity contribution in [1.82, 2.24) is 5.06 Å². The van der Waals surface area contributed by atoms with Crippen LogP contribution in [0.1, 0.15) is 24.3 Å². The average Bonchev–Trinajstić information content (AvgIpc) is 3.01. The highest BCUT2D eigenvalue weighted by Crippen LogP contribution is 2.57. The number of hydroxylamine groups is 2. The first-order valence-electron chi connectivity index (χ1n) is 10.2. The van der Waals surface area contributed by atoms with Crippen molar-refractivity contribution in [2.45, 2.75) is 18.8 Å². The molecule has 2 amide bonds. The number of methoxy groups -OCH3 is 1. The molecule has 1 aromatic carbocycles. The van der Waals surface area contributed by atoms with E-state index in [9.17, 15) is 29.5 Å². The Morgan fingerprint density at radius 3 is 2.52 bits per heavy atom. The molecule has 1 fully saturated rings. The third-order valence-corrected chi connectivity index (χ3v) is 7.95. The maximum Gasteiger partial charge on any atom is 0.257 e. The summed E-state index contributed by atoms with van der Waals surface area (Å²) in [5.41, 5.74) is 1.47. The lowest BCUT2D eigenvalue weighted by Crippen LogP contribution is -2.39. The molecule has 3 aliphatic carbocycles. The first-order chi connectivity index (χ1) is 15.6. The van der Waals surface area contributed by atoms with E-state index in [0.717, 1.165) is 0 Å². The molecular weight excluding hydrogens is 562 g/mol. The lowest BCUT2D eigenvalue weighted by Gasteiger charge is -2.42. The first kappa shape index (κ1) is 22.2. The Morgan fingerprint density at radius 1 is 1.09 bits per heavy atom. The van der Waals surface area contributed by atoms with Gasteiger partial charge in [-0.15, -0.1) is 0 Å². The zero-order valence-corrected chi connectivity index (χ0v) is 20.3. The highest BCUT2D eigenvalue weighted by atomic mass is 79.9. The summed E-state index contributed by atoms with van der Waals surface area (Å²) in [6, 6.07) is 3.22. The minimum absolute atomic E-state index is 0.0745. The molecule has 0 saturated carbocycles. The predicted octanol–water partition coefficient (Wildman–Crippen LogP) is 3.31. The molecule has 8 nitrogen and oxygen atoms in total. The summed E-state index contributed by atoms with van der Waals surface area (Å²) >= 11 is 6.55. The highest BCUT2D eigenvalue weighted by Gasteiger charge is 2.56. The fourth-order valence-corrected chi connectivity index (χ4v) is 6.42. The number of rotatable bonds is 2. The fourth-order valence-electron chi connectivity index (χ4n) is 5.52. The van der Waals surface area contributed by atoms with Crippen LogP contribution >= 0.6 is 31.9 Å². The number of halogens is 2. The van der Waals surface area contributed by atoms with Crippen molar-refractivity contribution in [3.05, 3.63) is 55.5 Å². The van der Waals surface area contributed by atoms with Gasteiger partial charge in [-0.05, 0) is 46.8 Å². The van der Waals surface area contributed by atoms with Crippen LogP contribution in [-0.4, -0.2) is 45.9 Å². The van der Waals surface area contributed by atoms with Gasteiger partial charge in [0, 0.05) is 33.2 Å². The number of phenols is 1. The van der Waals surface area contributed by atoms with Crippen molar-refractivity contribution >= 4 is 55.2 Å². The number of ether oxygens (including phenoxy) is 1. The minimum atomic E-state index is -0.858. The Bertz CT molecular complexity index is 1260. The van der Waals surface area contributed by atoms with E-state index in [1.807, 2.05) is 0 Å². The fraction of sp³-hybridized carbons (Fsp3) is 0.304. The van der Waals surface area contributed by atoms with Gasteiger partial charge < -0.3 is 9.84 Å². The molecule has 4 unspecified atom stereocenters. The van der Waals surface area contributed by atoms with E-state index in [2.05, 4.69) is 31.9 Å². The predicted molar refractivity (Wildman–Crippen MR) is 121 cm³/mol. The minimum Gasteiger partial charge on any atom is -0.504 e. The zero-order chi connectivity index (χ0) is 23.8. The molecule has 170 valence electrons. The number of hydrogen-bond donors (Lipinski definition) is 2. The Hall–Kier alpha value is -2.56. The van der Waals surface area contributed by atoms with Crippen LogP contribution in [0.4, 0.5) is 0 Å². The van der Waals surface area contributed by atoms with Crippen LogP contribution in [0, 0.1) is 17.8 Å². The van der Waals surface area contributed by atoms with Gasteiger partial charge in [-0.25, -0.2) is 0 Å². The van der Waals surface area contributed by atoms with E-state index < -0.39 is 35.5 Å². The molecule has 0 bridgehead atoms. The molecule has 33 heavy (non-hydrogen) atoms. The van der Waals surface area contributed by atoms with E-state index >= 15 is 0 Å². The second-order valence-electron chi connectivity index (χ2n) is 8.43. The topological polar surface area (TPSA) is 121 Å². The van der Waals surface area contributed by atoms with Crippen LogP contribution in [0.2, 0.25) is 0 Å². The number of phenolic OH excluding ortho intramolecular Hbond substituents is 1. The van der Waals surface area contributed by atoms with Crippen molar-refractivity contribution in [2.75, 3.05) is 7.11 Å². The number of hydrogen-bond acceptors (Lipinski definition) is 7. The van der Waals surface area contributed by atoms with Crippen LogP contribution in [0.15, 0.2) is 50.0 Å². The number of carbonyl (C=O) groups excluding carboxylic acids is 4. The number of ketones is 2. The van der Waals surface area contributed by atoms with E-state index in [4.69, 9.17) is 4.74 Å². The molecule has 1 aliphatic heterocycles. The summed E-state index contributed by atoms with van der Waals surface area (Å²) in [6.45, 7) is 0. The van der Waals surface area contributed by atoms with Crippen molar-refractivity contribution < 1.29 is 34.2 Å². The van der Waals surface area contributed by atoms with Gasteiger partial charge >= 0.3 is 0 Å². The Kier molecular flexibility index (Phi) is 5.22. The molecular formula is C23H17Br2NO7. The average molecular weight is 579 g/mol. The summed E-state index contributed by atoms with van der Waals surface area (Å²) < 4.78 is 5.98. The summed E-state index contributed by atoms with van der Waals surface area (Å²) in [5, 5.41) is 21.1. The van der Waals surface area contributed by atoms with Crippen LogP contribution in [-0.2, 0) is 19.2 Å². The largest absolute Gasteiger partial charge is 0.504 e. The lowest BCUT2D eigenvalue weighted by molar-refractivity contribution is -0.173. The summed E-state index contributed by atoms with van der Waals surface area (Å²) in [5.74, 6) is -5.17. The molecule has 2 N–H and O–H groups in total. The summed E-state index contributed by atoms with van der Waals surface area (Å²) in [7, 11) is 1.40.